The maximum absolute atomic E-state index is 12.2. The molecule has 1 saturated heterocycles. The van der Waals surface area contributed by atoms with Crippen molar-refractivity contribution in [1.29, 1.82) is 0 Å². The van der Waals surface area contributed by atoms with Crippen molar-refractivity contribution in [3.8, 4) is 5.88 Å². The van der Waals surface area contributed by atoms with Crippen molar-refractivity contribution in [1.82, 2.24) is 10.3 Å². The molecule has 118 valence electrons. The van der Waals surface area contributed by atoms with E-state index in [-0.39, 0.29) is 18.1 Å². The third-order valence-corrected chi connectivity index (χ3v) is 4.08. The van der Waals surface area contributed by atoms with Gasteiger partial charge in [0.2, 0.25) is 11.8 Å². The molecule has 1 aromatic heterocycles. The number of hydrogen-bond acceptors (Lipinski definition) is 4. The Labute approximate surface area is 130 Å². The first-order valence-corrected chi connectivity index (χ1v) is 7.94. The number of rotatable bonds is 5. The fraction of sp³-hybridized carbons (Fsp3) is 0.529. The van der Waals surface area contributed by atoms with Crippen LogP contribution in [0.2, 0.25) is 0 Å². The van der Waals surface area contributed by atoms with Gasteiger partial charge in [0.15, 0.2) is 0 Å². The van der Waals surface area contributed by atoms with E-state index in [2.05, 4.69) is 16.4 Å². The van der Waals surface area contributed by atoms with Crippen molar-refractivity contribution in [2.75, 3.05) is 13.2 Å². The maximum atomic E-state index is 12.2. The van der Waals surface area contributed by atoms with Gasteiger partial charge in [0.1, 0.15) is 6.10 Å². The number of nitrogens with zero attached hydrogens (tertiary/aromatic N) is 1. The average Bonchev–Trinajstić information content (AvgIpc) is 3.03. The van der Waals surface area contributed by atoms with Gasteiger partial charge in [-0.15, -0.1) is 0 Å². The van der Waals surface area contributed by atoms with Gasteiger partial charge in [-0.3, -0.25) is 4.79 Å². The van der Waals surface area contributed by atoms with Crippen molar-refractivity contribution < 1.29 is 14.3 Å². The van der Waals surface area contributed by atoms with Gasteiger partial charge in [0.25, 0.3) is 0 Å². The lowest BCUT2D eigenvalue weighted by Gasteiger charge is -2.32. The number of aromatic nitrogens is 1. The number of carbonyl (C=O) groups is 1. The molecule has 22 heavy (non-hydrogen) atoms. The van der Waals surface area contributed by atoms with Crippen LogP contribution in [0.1, 0.15) is 32.1 Å². The summed E-state index contributed by atoms with van der Waals surface area (Å²) in [7, 11) is 0. The first-order chi connectivity index (χ1) is 10.8. The maximum Gasteiger partial charge on any atom is 0.224 e. The predicted molar refractivity (Wildman–Crippen MR) is 82.6 cm³/mol. The summed E-state index contributed by atoms with van der Waals surface area (Å²) in [5.74, 6) is 0.644. The van der Waals surface area contributed by atoms with Crippen LogP contribution in [0.15, 0.2) is 36.0 Å². The Bertz CT molecular complexity index is 530. The van der Waals surface area contributed by atoms with Gasteiger partial charge in [0, 0.05) is 25.3 Å². The number of pyridine rings is 1. The minimum atomic E-state index is -0.190. The average molecular weight is 302 g/mol. The van der Waals surface area contributed by atoms with Gasteiger partial charge in [-0.05, 0) is 31.7 Å². The van der Waals surface area contributed by atoms with Gasteiger partial charge in [-0.1, -0.05) is 17.7 Å². The second-order valence-electron chi connectivity index (χ2n) is 5.79. The number of ether oxygens (including phenoxy) is 2. The summed E-state index contributed by atoms with van der Waals surface area (Å²) in [6.45, 7) is 1.12. The van der Waals surface area contributed by atoms with Crippen LogP contribution >= 0.6 is 0 Å². The van der Waals surface area contributed by atoms with E-state index in [1.165, 1.54) is 12.0 Å². The van der Waals surface area contributed by atoms with Crippen molar-refractivity contribution in [3.63, 3.8) is 0 Å². The Balaban J connectivity index is 1.56. The van der Waals surface area contributed by atoms with Crippen LogP contribution in [0.4, 0.5) is 0 Å². The summed E-state index contributed by atoms with van der Waals surface area (Å²) in [4.78, 5) is 16.4. The third kappa shape index (κ3) is 4.07. The monoisotopic (exact) mass is 302 g/mol. The lowest BCUT2D eigenvalue weighted by molar-refractivity contribution is -0.123. The Hall–Kier alpha value is -1.88. The van der Waals surface area contributed by atoms with Crippen molar-refractivity contribution >= 4 is 5.91 Å². The number of nitrogens with one attached hydrogen (secondary N) is 1. The molecule has 0 spiro atoms. The van der Waals surface area contributed by atoms with E-state index in [9.17, 15) is 4.79 Å². The highest BCUT2D eigenvalue weighted by Gasteiger charge is 2.29. The van der Waals surface area contributed by atoms with Gasteiger partial charge in [0.05, 0.1) is 12.6 Å². The summed E-state index contributed by atoms with van der Waals surface area (Å²) in [5, 5.41) is 3.10. The second-order valence-corrected chi connectivity index (χ2v) is 5.79. The van der Waals surface area contributed by atoms with Crippen LogP contribution in [0.25, 0.3) is 0 Å². The van der Waals surface area contributed by atoms with Crippen molar-refractivity contribution in [2.45, 2.75) is 44.2 Å². The molecule has 0 saturated carbocycles. The van der Waals surface area contributed by atoms with Crippen LogP contribution < -0.4 is 10.1 Å². The molecule has 0 radical (unpaired) electrons. The topological polar surface area (TPSA) is 60.5 Å². The summed E-state index contributed by atoms with van der Waals surface area (Å²) in [6.07, 6.45) is 8.29. The second kappa shape index (κ2) is 7.40. The molecule has 2 aliphatic rings. The lowest BCUT2D eigenvalue weighted by Crippen LogP contribution is -2.51. The van der Waals surface area contributed by atoms with Crippen LogP contribution in [0.5, 0.6) is 5.88 Å². The first-order valence-electron chi connectivity index (χ1n) is 7.94. The minimum absolute atomic E-state index is 0.0229. The van der Waals surface area contributed by atoms with Crippen LogP contribution in [-0.2, 0) is 9.53 Å². The zero-order chi connectivity index (χ0) is 15.2. The molecule has 2 heterocycles. The zero-order valence-electron chi connectivity index (χ0n) is 12.7. The largest absolute Gasteiger partial charge is 0.470 e. The van der Waals surface area contributed by atoms with Gasteiger partial charge in [-0.2, -0.15) is 0 Å². The molecular weight excluding hydrogens is 280 g/mol. The van der Waals surface area contributed by atoms with E-state index < -0.39 is 0 Å². The quantitative estimate of drug-likeness (QED) is 0.847. The third-order valence-electron chi connectivity index (χ3n) is 4.08. The molecule has 1 fully saturated rings. The fourth-order valence-electron chi connectivity index (χ4n) is 2.93. The molecule has 1 amide bonds. The highest BCUT2D eigenvalue weighted by atomic mass is 16.5. The van der Waals surface area contributed by atoms with Gasteiger partial charge in [-0.25, -0.2) is 4.98 Å². The Kier molecular flexibility index (Phi) is 5.06. The Morgan fingerprint density at radius 2 is 2.41 bits per heavy atom. The van der Waals surface area contributed by atoms with Gasteiger partial charge >= 0.3 is 0 Å². The molecule has 0 unspecified atom stereocenters. The molecule has 1 aromatic rings. The summed E-state index contributed by atoms with van der Waals surface area (Å²) in [6, 6.07) is 5.52. The normalized spacial score (nSPS) is 24.6. The number of hydrogen-bond donors (Lipinski definition) is 1. The van der Waals surface area contributed by atoms with Crippen LogP contribution in [0.3, 0.4) is 0 Å². The molecule has 5 nitrogen and oxygen atoms in total. The fourth-order valence-corrected chi connectivity index (χ4v) is 2.93. The summed E-state index contributed by atoms with van der Waals surface area (Å²) < 4.78 is 11.4. The van der Waals surface area contributed by atoms with Crippen molar-refractivity contribution in [2.24, 2.45) is 0 Å². The van der Waals surface area contributed by atoms with Gasteiger partial charge < -0.3 is 14.8 Å². The number of allylic oxidation sites excluding steroid dienone is 1. The lowest BCUT2D eigenvalue weighted by atomic mass is 10.0. The smallest absolute Gasteiger partial charge is 0.224 e. The zero-order valence-corrected chi connectivity index (χ0v) is 12.7. The molecule has 0 aromatic carbocycles. The molecule has 2 atom stereocenters. The first kappa shape index (κ1) is 15.0. The molecule has 0 bridgehead atoms. The Morgan fingerprint density at radius 1 is 1.45 bits per heavy atom. The molecule has 1 aliphatic carbocycles. The van der Waals surface area contributed by atoms with E-state index >= 15 is 0 Å². The number of carbonyl (C=O) groups excluding carboxylic acids is 1. The molecule has 5 heteroatoms. The van der Waals surface area contributed by atoms with E-state index in [1.807, 2.05) is 18.2 Å². The highest BCUT2D eigenvalue weighted by Crippen LogP contribution is 2.21. The van der Waals surface area contributed by atoms with E-state index in [0.717, 1.165) is 19.3 Å². The molecular formula is C17H22N2O3. The van der Waals surface area contributed by atoms with E-state index in [4.69, 9.17) is 9.47 Å². The Morgan fingerprint density at radius 3 is 3.18 bits per heavy atom. The molecule has 1 aliphatic heterocycles. The SMILES string of the molecule is O=C(CC1=CCCC1)N[C@@H]1CCOC[C@H]1Oc1ccccn1. The minimum Gasteiger partial charge on any atom is -0.470 e. The highest BCUT2D eigenvalue weighted by molar-refractivity contribution is 5.79. The van der Waals surface area contributed by atoms with Crippen LogP contribution in [0, 0.1) is 0 Å². The summed E-state index contributed by atoms with van der Waals surface area (Å²) >= 11 is 0. The van der Waals surface area contributed by atoms with E-state index in [1.54, 1.807) is 6.20 Å². The molecule has 3 rings (SSSR count). The number of amides is 1. The summed E-state index contributed by atoms with van der Waals surface area (Å²) in [5.41, 5.74) is 1.26. The molecule has 1 N–H and O–H groups in total. The predicted octanol–water partition coefficient (Wildman–Crippen LogP) is 2.23. The standard InChI is InChI=1S/C17H22N2O3/c20-16(11-13-5-1-2-6-13)19-14-8-10-21-12-15(14)22-17-7-3-4-9-18-17/h3-5,7,9,14-15H,1-2,6,8,10-12H2,(H,19,20)/t14-,15-/m1/s1. The van der Waals surface area contributed by atoms with Crippen LogP contribution in [-0.4, -0.2) is 36.3 Å². The van der Waals surface area contributed by atoms with Crippen molar-refractivity contribution in [3.05, 3.63) is 36.0 Å². The van der Waals surface area contributed by atoms with E-state index in [0.29, 0.717) is 25.5 Å².